The zero-order valence-corrected chi connectivity index (χ0v) is 14.0. The van der Waals surface area contributed by atoms with E-state index in [-0.39, 0.29) is 5.91 Å². The standard InChI is InChI=1S/C20H18N2O3/c1-24-18-10-17(11-19(12-18)25-2)20(23)22-21-13-14-7-8-15-5-3-4-6-16(15)9-14/h3-13H,1-2H3,(H,22,23)/b21-13-. The van der Waals surface area contributed by atoms with Gasteiger partial charge < -0.3 is 9.47 Å². The van der Waals surface area contributed by atoms with Crippen LogP contribution in [0.15, 0.2) is 65.8 Å². The Balaban J connectivity index is 1.73. The lowest BCUT2D eigenvalue weighted by molar-refractivity contribution is 0.0954. The highest BCUT2D eigenvalue weighted by atomic mass is 16.5. The third-order valence-electron chi connectivity index (χ3n) is 3.77. The lowest BCUT2D eigenvalue weighted by atomic mass is 10.1. The fourth-order valence-corrected chi connectivity index (χ4v) is 2.46. The van der Waals surface area contributed by atoms with E-state index < -0.39 is 0 Å². The number of nitrogens with zero attached hydrogens (tertiary/aromatic N) is 1. The Morgan fingerprint density at radius 3 is 2.28 bits per heavy atom. The summed E-state index contributed by atoms with van der Waals surface area (Å²) in [6.07, 6.45) is 1.61. The van der Waals surface area contributed by atoms with E-state index in [1.165, 1.54) is 14.2 Å². The number of hydrogen-bond acceptors (Lipinski definition) is 4. The number of hydrazone groups is 1. The first-order valence-corrected chi connectivity index (χ1v) is 7.75. The second-order valence-corrected chi connectivity index (χ2v) is 5.41. The van der Waals surface area contributed by atoms with Gasteiger partial charge >= 0.3 is 0 Å². The maximum Gasteiger partial charge on any atom is 0.271 e. The number of methoxy groups -OCH3 is 2. The summed E-state index contributed by atoms with van der Waals surface area (Å²) >= 11 is 0. The molecule has 1 amide bonds. The van der Waals surface area contributed by atoms with Crippen LogP contribution in [0, 0.1) is 0 Å². The van der Waals surface area contributed by atoms with Gasteiger partial charge in [0.15, 0.2) is 0 Å². The quantitative estimate of drug-likeness (QED) is 0.573. The zero-order valence-electron chi connectivity index (χ0n) is 14.0. The van der Waals surface area contributed by atoms with E-state index in [2.05, 4.69) is 10.5 Å². The summed E-state index contributed by atoms with van der Waals surface area (Å²) < 4.78 is 10.3. The molecule has 25 heavy (non-hydrogen) atoms. The molecule has 0 bridgehead atoms. The molecule has 0 saturated carbocycles. The molecule has 5 nitrogen and oxygen atoms in total. The molecule has 0 atom stereocenters. The van der Waals surface area contributed by atoms with Crippen molar-refractivity contribution >= 4 is 22.9 Å². The van der Waals surface area contributed by atoms with Crippen LogP contribution in [0.4, 0.5) is 0 Å². The molecule has 126 valence electrons. The second-order valence-electron chi connectivity index (χ2n) is 5.41. The minimum atomic E-state index is -0.339. The first-order chi connectivity index (χ1) is 12.2. The Labute approximate surface area is 145 Å². The van der Waals surface area contributed by atoms with Crippen LogP contribution in [0.3, 0.4) is 0 Å². The van der Waals surface area contributed by atoms with Gasteiger partial charge in [-0.1, -0.05) is 36.4 Å². The Bertz CT molecular complexity index is 913. The smallest absolute Gasteiger partial charge is 0.271 e. The van der Waals surface area contributed by atoms with Gasteiger partial charge in [0.1, 0.15) is 11.5 Å². The predicted octanol–water partition coefficient (Wildman–Crippen LogP) is 3.62. The van der Waals surface area contributed by atoms with Gasteiger partial charge in [-0.25, -0.2) is 5.43 Å². The number of carbonyl (C=O) groups is 1. The molecule has 0 aliphatic heterocycles. The third kappa shape index (κ3) is 3.95. The number of amides is 1. The van der Waals surface area contributed by atoms with Crippen LogP contribution in [-0.2, 0) is 0 Å². The first-order valence-electron chi connectivity index (χ1n) is 7.75. The number of ether oxygens (including phenoxy) is 2. The van der Waals surface area contributed by atoms with Gasteiger partial charge in [0, 0.05) is 11.6 Å². The first kappa shape index (κ1) is 16.5. The molecule has 0 heterocycles. The summed E-state index contributed by atoms with van der Waals surface area (Å²) in [4.78, 5) is 12.2. The molecule has 3 aromatic rings. The van der Waals surface area contributed by atoms with Crippen molar-refractivity contribution in [3.8, 4) is 11.5 Å². The van der Waals surface area contributed by atoms with E-state index >= 15 is 0 Å². The minimum absolute atomic E-state index is 0.339. The summed E-state index contributed by atoms with van der Waals surface area (Å²) in [5, 5.41) is 6.31. The van der Waals surface area contributed by atoms with E-state index in [1.807, 2.05) is 42.5 Å². The largest absolute Gasteiger partial charge is 0.497 e. The van der Waals surface area contributed by atoms with Crippen LogP contribution in [0.5, 0.6) is 11.5 Å². The molecule has 0 saturated heterocycles. The van der Waals surface area contributed by atoms with Gasteiger partial charge in [0.05, 0.1) is 20.4 Å². The maximum absolute atomic E-state index is 12.2. The maximum atomic E-state index is 12.2. The normalized spacial score (nSPS) is 10.8. The highest BCUT2D eigenvalue weighted by Gasteiger charge is 2.09. The number of hydrogen-bond donors (Lipinski definition) is 1. The van der Waals surface area contributed by atoms with Gasteiger partial charge in [-0.2, -0.15) is 5.10 Å². The molecule has 0 fully saturated rings. The van der Waals surface area contributed by atoms with Crippen LogP contribution in [0.25, 0.3) is 10.8 Å². The van der Waals surface area contributed by atoms with Crippen LogP contribution >= 0.6 is 0 Å². The summed E-state index contributed by atoms with van der Waals surface area (Å²) in [7, 11) is 3.07. The van der Waals surface area contributed by atoms with Gasteiger partial charge in [-0.3, -0.25) is 4.79 Å². The van der Waals surface area contributed by atoms with Crippen molar-refractivity contribution < 1.29 is 14.3 Å². The zero-order chi connectivity index (χ0) is 17.6. The molecule has 0 spiro atoms. The monoisotopic (exact) mass is 334 g/mol. The molecule has 1 N–H and O–H groups in total. The molecular weight excluding hydrogens is 316 g/mol. The van der Waals surface area contributed by atoms with Crippen LogP contribution in [0.2, 0.25) is 0 Å². The van der Waals surface area contributed by atoms with Gasteiger partial charge in [0.2, 0.25) is 0 Å². The van der Waals surface area contributed by atoms with E-state index in [1.54, 1.807) is 24.4 Å². The molecule has 3 aromatic carbocycles. The Morgan fingerprint density at radius 1 is 0.920 bits per heavy atom. The van der Waals surface area contributed by atoms with Gasteiger partial charge in [-0.15, -0.1) is 0 Å². The fraction of sp³-hybridized carbons (Fsp3) is 0.100. The van der Waals surface area contributed by atoms with Gasteiger partial charge in [0.25, 0.3) is 5.91 Å². The second kappa shape index (κ2) is 7.49. The van der Waals surface area contributed by atoms with Crippen molar-refractivity contribution in [1.29, 1.82) is 0 Å². The van der Waals surface area contributed by atoms with Crippen molar-refractivity contribution in [1.82, 2.24) is 5.43 Å². The number of nitrogens with one attached hydrogen (secondary N) is 1. The van der Waals surface area contributed by atoms with Crippen LogP contribution < -0.4 is 14.9 Å². The minimum Gasteiger partial charge on any atom is -0.497 e. The Morgan fingerprint density at radius 2 is 1.60 bits per heavy atom. The molecule has 5 heteroatoms. The Hall–Kier alpha value is -3.34. The topological polar surface area (TPSA) is 59.9 Å². The predicted molar refractivity (Wildman–Crippen MR) is 98.6 cm³/mol. The third-order valence-corrected chi connectivity index (χ3v) is 3.77. The van der Waals surface area contributed by atoms with E-state index in [0.29, 0.717) is 17.1 Å². The SMILES string of the molecule is COc1cc(OC)cc(C(=O)N/N=C\c2ccc3ccccc3c2)c1. The highest BCUT2D eigenvalue weighted by Crippen LogP contribution is 2.22. The Kier molecular flexibility index (Phi) is 4.95. The van der Waals surface area contributed by atoms with E-state index in [0.717, 1.165) is 16.3 Å². The molecule has 0 aromatic heterocycles. The fourth-order valence-electron chi connectivity index (χ4n) is 2.46. The number of benzene rings is 3. The van der Waals surface area contributed by atoms with Crippen molar-refractivity contribution in [2.75, 3.05) is 14.2 Å². The molecule has 0 radical (unpaired) electrons. The highest BCUT2D eigenvalue weighted by molar-refractivity contribution is 5.96. The van der Waals surface area contributed by atoms with E-state index in [9.17, 15) is 4.79 Å². The van der Waals surface area contributed by atoms with Gasteiger partial charge in [-0.05, 0) is 34.5 Å². The van der Waals surface area contributed by atoms with E-state index in [4.69, 9.17) is 9.47 Å². The lowest BCUT2D eigenvalue weighted by Crippen LogP contribution is -2.17. The van der Waals surface area contributed by atoms with Crippen LogP contribution in [-0.4, -0.2) is 26.3 Å². The molecule has 0 aliphatic carbocycles. The molecule has 0 unspecified atom stereocenters. The molecular formula is C20H18N2O3. The molecule has 0 aliphatic rings. The average molecular weight is 334 g/mol. The van der Waals surface area contributed by atoms with Crippen molar-refractivity contribution in [3.63, 3.8) is 0 Å². The number of rotatable bonds is 5. The summed E-state index contributed by atoms with van der Waals surface area (Å²) in [5.74, 6) is 0.750. The lowest BCUT2D eigenvalue weighted by Gasteiger charge is -2.07. The summed E-state index contributed by atoms with van der Waals surface area (Å²) in [5.41, 5.74) is 3.83. The summed E-state index contributed by atoms with van der Waals surface area (Å²) in [6, 6.07) is 19.0. The number of carbonyl (C=O) groups excluding carboxylic acids is 1. The van der Waals surface area contributed by atoms with Crippen molar-refractivity contribution in [2.24, 2.45) is 5.10 Å². The van der Waals surface area contributed by atoms with Crippen molar-refractivity contribution in [3.05, 3.63) is 71.8 Å². The number of fused-ring (bicyclic) bond motifs is 1. The summed E-state index contributed by atoms with van der Waals surface area (Å²) in [6.45, 7) is 0. The average Bonchev–Trinajstić information content (AvgIpc) is 2.67. The van der Waals surface area contributed by atoms with Crippen LogP contribution in [0.1, 0.15) is 15.9 Å². The van der Waals surface area contributed by atoms with Crippen molar-refractivity contribution in [2.45, 2.75) is 0 Å². The molecule has 3 rings (SSSR count).